The van der Waals surface area contributed by atoms with E-state index in [1.807, 2.05) is 10.3 Å². The maximum atomic E-state index is 11.9. The first kappa shape index (κ1) is 15.8. The van der Waals surface area contributed by atoms with Gasteiger partial charge in [-0.2, -0.15) is 0 Å². The molecule has 4 rings (SSSR count). The number of aromatic nitrogens is 3. The summed E-state index contributed by atoms with van der Waals surface area (Å²) in [5.74, 6) is 0.503. The van der Waals surface area contributed by atoms with Crippen LogP contribution in [0.5, 0.6) is 0 Å². The third kappa shape index (κ3) is 2.91. The molecule has 0 radical (unpaired) electrons. The topological polar surface area (TPSA) is 81.9 Å². The molecular weight excluding hydrogens is 336 g/mol. The van der Waals surface area contributed by atoms with Gasteiger partial charge in [0.1, 0.15) is 0 Å². The van der Waals surface area contributed by atoms with E-state index in [1.165, 1.54) is 5.56 Å². The monoisotopic (exact) mass is 354 g/mol. The van der Waals surface area contributed by atoms with Crippen LogP contribution >= 0.6 is 11.3 Å². The SMILES string of the molecule is CC(C)c1ccc(-c2csc(N3Cc4[nH]c(=O)[nH]c(=O)c4C3)n2)cc1. The summed E-state index contributed by atoms with van der Waals surface area (Å²) in [5.41, 5.74) is 3.81. The summed E-state index contributed by atoms with van der Waals surface area (Å²) in [5, 5.41) is 2.87. The molecule has 2 aromatic heterocycles. The molecule has 0 saturated carbocycles. The van der Waals surface area contributed by atoms with Gasteiger partial charge in [-0.25, -0.2) is 9.78 Å². The summed E-state index contributed by atoms with van der Waals surface area (Å²) in [7, 11) is 0. The van der Waals surface area contributed by atoms with Crippen LogP contribution in [0.2, 0.25) is 0 Å². The lowest BCUT2D eigenvalue weighted by molar-refractivity contribution is 0.861. The Morgan fingerprint density at radius 1 is 1.12 bits per heavy atom. The third-order valence-electron chi connectivity index (χ3n) is 4.46. The first-order valence-electron chi connectivity index (χ1n) is 8.16. The van der Waals surface area contributed by atoms with Crippen LogP contribution < -0.4 is 16.1 Å². The molecule has 0 aliphatic carbocycles. The predicted molar refractivity (Wildman–Crippen MR) is 99.2 cm³/mol. The van der Waals surface area contributed by atoms with Gasteiger partial charge < -0.3 is 9.88 Å². The molecule has 3 heterocycles. The van der Waals surface area contributed by atoms with Gasteiger partial charge in [0.25, 0.3) is 5.56 Å². The second kappa shape index (κ2) is 6.00. The Bertz CT molecular complexity index is 1030. The van der Waals surface area contributed by atoms with Crippen molar-refractivity contribution in [1.29, 1.82) is 0 Å². The van der Waals surface area contributed by atoms with Crippen LogP contribution in [0.1, 0.15) is 36.6 Å². The lowest BCUT2D eigenvalue weighted by Crippen LogP contribution is -2.25. The molecule has 1 aromatic carbocycles. The van der Waals surface area contributed by atoms with Crippen LogP contribution in [0.25, 0.3) is 11.3 Å². The zero-order valence-corrected chi connectivity index (χ0v) is 14.8. The van der Waals surface area contributed by atoms with Gasteiger partial charge in [0.05, 0.1) is 24.3 Å². The molecule has 0 bridgehead atoms. The van der Waals surface area contributed by atoms with E-state index in [1.54, 1.807) is 11.3 Å². The highest BCUT2D eigenvalue weighted by molar-refractivity contribution is 7.14. The van der Waals surface area contributed by atoms with E-state index in [9.17, 15) is 9.59 Å². The van der Waals surface area contributed by atoms with E-state index in [0.717, 1.165) is 16.4 Å². The highest BCUT2D eigenvalue weighted by Gasteiger charge is 2.25. The Morgan fingerprint density at radius 3 is 2.60 bits per heavy atom. The molecule has 6 nitrogen and oxygen atoms in total. The summed E-state index contributed by atoms with van der Waals surface area (Å²) in [6.45, 7) is 5.30. The Balaban J connectivity index is 1.59. The fourth-order valence-corrected chi connectivity index (χ4v) is 3.85. The van der Waals surface area contributed by atoms with E-state index < -0.39 is 5.69 Å². The first-order valence-corrected chi connectivity index (χ1v) is 9.04. The predicted octanol–water partition coefficient (Wildman–Crippen LogP) is 2.83. The van der Waals surface area contributed by atoms with E-state index >= 15 is 0 Å². The van der Waals surface area contributed by atoms with E-state index in [2.05, 4.69) is 48.1 Å². The van der Waals surface area contributed by atoms with Crippen molar-refractivity contribution < 1.29 is 0 Å². The van der Waals surface area contributed by atoms with Gasteiger partial charge in [-0.1, -0.05) is 38.1 Å². The number of nitrogens with one attached hydrogen (secondary N) is 2. The molecule has 7 heteroatoms. The zero-order valence-electron chi connectivity index (χ0n) is 14.0. The second-order valence-corrected chi connectivity index (χ2v) is 7.35. The highest BCUT2D eigenvalue weighted by Crippen LogP contribution is 2.32. The summed E-state index contributed by atoms with van der Waals surface area (Å²) >= 11 is 1.54. The fraction of sp³-hybridized carbons (Fsp3) is 0.278. The number of fused-ring (bicyclic) bond motifs is 1. The van der Waals surface area contributed by atoms with Gasteiger partial charge in [0.15, 0.2) is 5.13 Å². The summed E-state index contributed by atoms with van der Waals surface area (Å²) in [6, 6.07) is 8.45. The van der Waals surface area contributed by atoms with Crippen molar-refractivity contribution in [2.24, 2.45) is 0 Å². The van der Waals surface area contributed by atoms with Crippen molar-refractivity contribution in [3.05, 3.63) is 67.3 Å². The van der Waals surface area contributed by atoms with Crippen molar-refractivity contribution in [1.82, 2.24) is 15.0 Å². The second-order valence-electron chi connectivity index (χ2n) is 6.51. The van der Waals surface area contributed by atoms with Crippen molar-refractivity contribution in [3.8, 4) is 11.3 Å². The molecule has 0 saturated heterocycles. The molecule has 1 aliphatic rings. The average Bonchev–Trinajstić information content (AvgIpc) is 3.21. The van der Waals surface area contributed by atoms with Gasteiger partial charge >= 0.3 is 5.69 Å². The number of hydrogen-bond acceptors (Lipinski definition) is 5. The molecule has 3 aromatic rings. The van der Waals surface area contributed by atoms with Crippen molar-refractivity contribution >= 4 is 16.5 Å². The average molecular weight is 354 g/mol. The fourth-order valence-electron chi connectivity index (χ4n) is 3.02. The maximum Gasteiger partial charge on any atom is 0.325 e. The van der Waals surface area contributed by atoms with E-state index in [4.69, 9.17) is 4.98 Å². The first-order chi connectivity index (χ1) is 12.0. The smallest absolute Gasteiger partial charge is 0.325 e. The van der Waals surface area contributed by atoms with Gasteiger partial charge in [-0.05, 0) is 11.5 Å². The number of thiazole rings is 1. The van der Waals surface area contributed by atoms with Crippen molar-refractivity contribution in [3.63, 3.8) is 0 Å². The van der Waals surface area contributed by atoms with Gasteiger partial charge in [0.2, 0.25) is 0 Å². The van der Waals surface area contributed by atoms with Crippen molar-refractivity contribution in [2.45, 2.75) is 32.9 Å². The quantitative estimate of drug-likeness (QED) is 0.758. The van der Waals surface area contributed by atoms with Gasteiger partial charge in [-0.3, -0.25) is 9.78 Å². The number of H-pyrrole nitrogens is 2. The number of anilines is 1. The zero-order chi connectivity index (χ0) is 17.6. The molecule has 0 atom stereocenters. The Labute approximate surface area is 148 Å². The number of rotatable bonds is 3. The highest BCUT2D eigenvalue weighted by atomic mass is 32.1. The largest absolute Gasteiger partial charge is 0.338 e. The van der Waals surface area contributed by atoms with Crippen LogP contribution in [-0.2, 0) is 13.1 Å². The number of nitrogens with zero attached hydrogens (tertiary/aromatic N) is 2. The Morgan fingerprint density at radius 2 is 1.88 bits per heavy atom. The molecule has 2 N–H and O–H groups in total. The number of aromatic amines is 2. The third-order valence-corrected chi connectivity index (χ3v) is 5.36. The summed E-state index contributed by atoms with van der Waals surface area (Å²) in [4.78, 5) is 35.0. The van der Waals surface area contributed by atoms with Gasteiger partial charge in [0, 0.05) is 16.6 Å². The lowest BCUT2D eigenvalue weighted by Gasteiger charge is -2.12. The van der Waals surface area contributed by atoms with Crippen LogP contribution in [0.15, 0.2) is 39.2 Å². The Kier molecular flexibility index (Phi) is 3.80. The molecule has 0 unspecified atom stereocenters. The number of hydrogen-bond donors (Lipinski definition) is 2. The van der Waals surface area contributed by atoms with E-state index in [-0.39, 0.29) is 5.56 Å². The van der Waals surface area contributed by atoms with Crippen LogP contribution in [0.4, 0.5) is 5.13 Å². The molecule has 0 spiro atoms. The molecule has 0 fully saturated rings. The number of benzene rings is 1. The summed E-state index contributed by atoms with van der Waals surface area (Å²) in [6.07, 6.45) is 0. The molecule has 0 amide bonds. The Hall–Kier alpha value is -2.67. The minimum absolute atomic E-state index is 0.317. The minimum atomic E-state index is -0.462. The summed E-state index contributed by atoms with van der Waals surface area (Å²) < 4.78 is 0. The lowest BCUT2D eigenvalue weighted by atomic mass is 10.0. The molecule has 128 valence electrons. The van der Waals surface area contributed by atoms with Crippen molar-refractivity contribution in [2.75, 3.05) is 4.90 Å². The molecule has 1 aliphatic heterocycles. The van der Waals surface area contributed by atoms with Crippen LogP contribution in [-0.4, -0.2) is 15.0 Å². The van der Waals surface area contributed by atoms with Crippen LogP contribution in [0, 0.1) is 0 Å². The van der Waals surface area contributed by atoms with Crippen LogP contribution in [0.3, 0.4) is 0 Å². The minimum Gasteiger partial charge on any atom is -0.338 e. The van der Waals surface area contributed by atoms with E-state index in [0.29, 0.717) is 30.3 Å². The normalized spacial score (nSPS) is 13.5. The standard InChI is InChI=1S/C18H18N4O2S/c1-10(2)11-3-5-12(6-4-11)15-9-25-18(20-15)22-7-13-14(8-22)19-17(24)21-16(13)23/h3-6,9-10H,7-8H2,1-2H3,(H2,19,21,23,24). The maximum absolute atomic E-state index is 11.9. The molecule has 25 heavy (non-hydrogen) atoms. The molecular formula is C18H18N4O2S. The van der Waals surface area contributed by atoms with Gasteiger partial charge in [-0.15, -0.1) is 11.3 Å².